The molecule has 1 aromatic rings. The first-order chi connectivity index (χ1) is 7.40. The number of hydrogen-bond acceptors (Lipinski definition) is 3. The predicted octanol–water partition coefficient (Wildman–Crippen LogP) is 1.71. The Morgan fingerprint density at radius 3 is 2.56 bits per heavy atom. The Hall–Kier alpha value is -0.940. The van der Waals surface area contributed by atoms with Gasteiger partial charge in [0.2, 0.25) is 0 Å². The summed E-state index contributed by atoms with van der Waals surface area (Å²) >= 11 is 0. The molecule has 0 aliphatic carbocycles. The summed E-state index contributed by atoms with van der Waals surface area (Å²) in [6.07, 6.45) is 3.30. The highest BCUT2D eigenvalue weighted by atomic mass is 32.2. The monoisotopic (exact) mass is 243 g/mol. The summed E-state index contributed by atoms with van der Waals surface area (Å²) in [7, 11) is -3.88. The molecule has 0 spiro atoms. The molecule has 0 saturated heterocycles. The van der Waals surface area contributed by atoms with E-state index in [4.69, 9.17) is 4.55 Å². The number of rotatable bonds is 5. The summed E-state index contributed by atoms with van der Waals surface area (Å²) in [6.45, 7) is 3.83. The van der Waals surface area contributed by atoms with Gasteiger partial charge in [0.25, 0.3) is 10.1 Å². The standard InChI is InChI=1S/C11H17NO3S/c1-3-10-4-5-11(12-7-10)6-9(2)8-16(13,14)15/h4-5,7,9H,3,6,8H2,1-2H3,(H,13,14,15). The summed E-state index contributed by atoms with van der Waals surface area (Å²) in [5, 5.41) is 0. The summed E-state index contributed by atoms with van der Waals surface area (Å²) in [6, 6.07) is 3.89. The van der Waals surface area contributed by atoms with Crippen LogP contribution >= 0.6 is 0 Å². The lowest BCUT2D eigenvalue weighted by Crippen LogP contribution is -2.15. The second-order valence-electron chi connectivity index (χ2n) is 4.07. The zero-order valence-electron chi connectivity index (χ0n) is 9.55. The van der Waals surface area contributed by atoms with E-state index in [9.17, 15) is 8.42 Å². The van der Waals surface area contributed by atoms with Crippen LogP contribution in [0.4, 0.5) is 0 Å². The lowest BCUT2D eigenvalue weighted by molar-refractivity contribution is 0.468. The van der Waals surface area contributed by atoms with Crippen molar-refractivity contribution in [1.82, 2.24) is 4.98 Å². The van der Waals surface area contributed by atoms with Crippen LogP contribution < -0.4 is 0 Å². The molecule has 1 unspecified atom stereocenters. The molecule has 16 heavy (non-hydrogen) atoms. The third kappa shape index (κ3) is 4.72. The molecule has 0 bridgehead atoms. The highest BCUT2D eigenvalue weighted by Gasteiger charge is 2.13. The molecule has 1 atom stereocenters. The van der Waals surface area contributed by atoms with E-state index < -0.39 is 10.1 Å². The molecule has 0 amide bonds. The lowest BCUT2D eigenvalue weighted by Gasteiger charge is -2.08. The summed E-state index contributed by atoms with van der Waals surface area (Å²) < 4.78 is 30.0. The SMILES string of the molecule is CCc1ccc(CC(C)CS(=O)(=O)O)nc1. The van der Waals surface area contributed by atoms with Gasteiger partial charge in [-0.05, 0) is 30.4 Å². The number of aromatic nitrogens is 1. The van der Waals surface area contributed by atoms with Crippen molar-refractivity contribution in [1.29, 1.82) is 0 Å². The number of nitrogens with zero attached hydrogens (tertiary/aromatic N) is 1. The molecule has 0 fully saturated rings. The quantitative estimate of drug-likeness (QED) is 0.799. The van der Waals surface area contributed by atoms with Crippen molar-refractivity contribution in [2.45, 2.75) is 26.7 Å². The third-order valence-electron chi connectivity index (χ3n) is 2.35. The Kier molecular flexibility index (Phi) is 4.44. The molecule has 0 aliphatic heterocycles. The van der Waals surface area contributed by atoms with E-state index in [0.29, 0.717) is 6.42 Å². The van der Waals surface area contributed by atoms with Crippen LogP contribution in [-0.2, 0) is 23.0 Å². The van der Waals surface area contributed by atoms with Crippen molar-refractivity contribution < 1.29 is 13.0 Å². The van der Waals surface area contributed by atoms with Gasteiger partial charge in [-0.2, -0.15) is 8.42 Å². The largest absolute Gasteiger partial charge is 0.286 e. The summed E-state index contributed by atoms with van der Waals surface area (Å²) in [5.41, 5.74) is 2.01. The van der Waals surface area contributed by atoms with Crippen LogP contribution in [0.15, 0.2) is 18.3 Å². The molecule has 1 heterocycles. The first-order valence-corrected chi connectivity index (χ1v) is 6.90. The molecule has 4 nitrogen and oxygen atoms in total. The van der Waals surface area contributed by atoms with Crippen molar-refractivity contribution in [3.8, 4) is 0 Å². The van der Waals surface area contributed by atoms with Crippen LogP contribution in [0.25, 0.3) is 0 Å². The van der Waals surface area contributed by atoms with Crippen molar-refractivity contribution in [2.24, 2.45) is 5.92 Å². The highest BCUT2D eigenvalue weighted by Crippen LogP contribution is 2.09. The predicted molar refractivity (Wildman–Crippen MR) is 62.9 cm³/mol. The molecule has 0 saturated carbocycles. The van der Waals surface area contributed by atoms with Crippen LogP contribution in [0.1, 0.15) is 25.1 Å². The molecule has 1 aromatic heterocycles. The fourth-order valence-electron chi connectivity index (χ4n) is 1.56. The lowest BCUT2D eigenvalue weighted by atomic mass is 10.1. The minimum atomic E-state index is -3.88. The first kappa shape index (κ1) is 13.1. The number of pyridine rings is 1. The van der Waals surface area contributed by atoms with Gasteiger partial charge in [-0.3, -0.25) is 9.54 Å². The van der Waals surface area contributed by atoms with E-state index in [1.165, 1.54) is 0 Å². The van der Waals surface area contributed by atoms with E-state index in [1.54, 1.807) is 13.1 Å². The Morgan fingerprint density at radius 2 is 2.12 bits per heavy atom. The van der Waals surface area contributed by atoms with Gasteiger partial charge in [0.15, 0.2) is 0 Å². The summed E-state index contributed by atoms with van der Waals surface area (Å²) in [5.74, 6) is -0.348. The minimum absolute atomic E-state index is 0.130. The van der Waals surface area contributed by atoms with Gasteiger partial charge in [-0.1, -0.05) is 19.9 Å². The molecule has 0 aromatic carbocycles. The normalized spacial score (nSPS) is 13.7. The van der Waals surface area contributed by atoms with Crippen molar-refractivity contribution in [2.75, 3.05) is 5.75 Å². The van der Waals surface area contributed by atoms with Gasteiger partial charge in [-0.15, -0.1) is 0 Å². The molecular weight excluding hydrogens is 226 g/mol. The second-order valence-corrected chi connectivity index (χ2v) is 5.57. The van der Waals surface area contributed by atoms with Gasteiger partial charge >= 0.3 is 0 Å². The average Bonchev–Trinajstić information content (AvgIpc) is 2.16. The van der Waals surface area contributed by atoms with Gasteiger partial charge in [0.1, 0.15) is 0 Å². The van der Waals surface area contributed by atoms with Crippen molar-refractivity contribution >= 4 is 10.1 Å². The van der Waals surface area contributed by atoms with Crippen molar-refractivity contribution in [3.05, 3.63) is 29.6 Å². The molecule has 1 N–H and O–H groups in total. The Bertz CT molecular complexity index is 425. The fraction of sp³-hybridized carbons (Fsp3) is 0.545. The van der Waals surface area contributed by atoms with Crippen LogP contribution in [-0.4, -0.2) is 23.7 Å². The maximum atomic E-state index is 10.7. The van der Waals surface area contributed by atoms with Gasteiger partial charge in [0, 0.05) is 11.9 Å². The van der Waals surface area contributed by atoms with Crippen LogP contribution in [0.3, 0.4) is 0 Å². The fourth-order valence-corrected chi connectivity index (χ4v) is 2.40. The number of hydrogen-bond donors (Lipinski definition) is 1. The van der Waals surface area contributed by atoms with Crippen LogP contribution in [0.5, 0.6) is 0 Å². The Morgan fingerprint density at radius 1 is 1.44 bits per heavy atom. The summed E-state index contributed by atoms with van der Waals surface area (Å²) in [4.78, 5) is 4.24. The zero-order valence-corrected chi connectivity index (χ0v) is 10.4. The van der Waals surface area contributed by atoms with Gasteiger partial charge in [0.05, 0.1) is 5.75 Å². The van der Waals surface area contributed by atoms with E-state index in [2.05, 4.69) is 11.9 Å². The van der Waals surface area contributed by atoms with E-state index in [-0.39, 0.29) is 11.7 Å². The Labute approximate surface area is 96.5 Å². The van der Waals surface area contributed by atoms with Gasteiger partial charge < -0.3 is 0 Å². The topological polar surface area (TPSA) is 67.3 Å². The molecule has 90 valence electrons. The molecule has 0 radical (unpaired) electrons. The molecular formula is C11H17NO3S. The smallest absolute Gasteiger partial charge is 0.265 e. The minimum Gasteiger partial charge on any atom is -0.286 e. The molecule has 1 rings (SSSR count). The average molecular weight is 243 g/mol. The van der Waals surface area contributed by atoms with Crippen molar-refractivity contribution in [3.63, 3.8) is 0 Å². The van der Waals surface area contributed by atoms with Crippen LogP contribution in [0, 0.1) is 5.92 Å². The van der Waals surface area contributed by atoms with E-state index in [1.807, 2.05) is 12.1 Å². The van der Waals surface area contributed by atoms with Gasteiger partial charge in [-0.25, -0.2) is 0 Å². The zero-order chi connectivity index (χ0) is 12.2. The van der Waals surface area contributed by atoms with Crippen LogP contribution in [0.2, 0.25) is 0 Å². The highest BCUT2D eigenvalue weighted by molar-refractivity contribution is 7.85. The molecule has 5 heteroatoms. The van der Waals surface area contributed by atoms with E-state index >= 15 is 0 Å². The third-order valence-corrected chi connectivity index (χ3v) is 3.34. The maximum absolute atomic E-state index is 10.7. The van der Waals surface area contributed by atoms with E-state index in [0.717, 1.165) is 17.7 Å². The second kappa shape index (κ2) is 5.41. The maximum Gasteiger partial charge on any atom is 0.265 e. The molecule has 0 aliphatic rings. The first-order valence-electron chi connectivity index (χ1n) is 5.29. The number of aryl methyl sites for hydroxylation is 1. The Balaban J connectivity index is 2.59.